The number of fused-ring (bicyclic) bond motifs is 1. The number of carbonyl (C=O) groups excluding carboxylic acids is 2. The summed E-state index contributed by atoms with van der Waals surface area (Å²) in [7, 11) is 0. The number of benzene rings is 3. The van der Waals surface area contributed by atoms with E-state index in [1.165, 1.54) is 0 Å². The maximum Gasteiger partial charge on any atom is 0.415 e. The van der Waals surface area contributed by atoms with Gasteiger partial charge in [0.05, 0.1) is 0 Å². The van der Waals surface area contributed by atoms with Crippen molar-refractivity contribution in [3.63, 3.8) is 0 Å². The number of nitrogens with zero attached hydrogens (tertiary/aromatic N) is 2. The molecule has 0 aliphatic carbocycles. The second kappa shape index (κ2) is 8.38. The highest BCUT2D eigenvalue weighted by molar-refractivity contribution is 5.75. The number of carbonyl (C=O) groups is 2. The largest absolute Gasteiger partial charge is 0.431 e. The lowest BCUT2D eigenvalue weighted by atomic mass is 9.80. The number of rotatable bonds is 3. The van der Waals surface area contributed by atoms with Gasteiger partial charge in [-0.3, -0.25) is 4.90 Å². The van der Waals surface area contributed by atoms with Gasteiger partial charge in [0, 0.05) is 30.8 Å². The van der Waals surface area contributed by atoms with Gasteiger partial charge < -0.3 is 14.4 Å². The van der Waals surface area contributed by atoms with Crippen molar-refractivity contribution in [1.29, 1.82) is 0 Å². The maximum atomic E-state index is 13.1. The summed E-state index contributed by atoms with van der Waals surface area (Å²) in [6.45, 7) is 1.33. The SMILES string of the molecule is O=C(Oc1ccccc1)N1CCCN2C(=O)OC(c3ccccc3)(c3ccccc3)C2C1. The van der Waals surface area contributed by atoms with E-state index >= 15 is 0 Å². The lowest BCUT2D eigenvalue weighted by Gasteiger charge is -2.36. The summed E-state index contributed by atoms with van der Waals surface area (Å²) in [4.78, 5) is 29.5. The zero-order chi connectivity index (χ0) is 22.0. The molecule has 2 saturated heterocycles. The van der Waals surface area contributed by atoms with Crippen LogP contribution in [0.1, 0.15) is 17.5 Å². The van der Waals surface area contributed by atoms with Gasteiger partial charge in [-0.1, -0.05) is 78.9 Å². The third kappa shape index (κ3) is 3.47. The molecule has 1 unspecified atom stereocenters. The molecular formula is C26H24N2O4. The Kier molecular flexibility index (Phi) is 5.27. The quantitative estimate of drug-likeness (QED) is 0.609. The van der Waals surface area contributed by atoms with Crippen molar-refractivity contribution in [1.82, 2.24) is 9.80 Å². The third-order valence-corrected chi connectivity index (χ3v) is 6.16. The number of hydrogen-bond donors (Lipinski definition) is 0. The van der Waals surface area contributed by atoms with Gasteiger partial charge in [0.2, 0.25) is 0 Å². The van der Waals surface area contributed by atoms with Gasteiger partial charge in [0.25, 0.3) is 0 Å². The van der Waals surface area contributed by atoms with Crippen LogP contribution in [0.15, 0.2) is 91.0 Å². The molecular weight excluding hydrogens is 404 g/mol. The number of hydrogen-bond acceptors (Lipinski definition) is 4. The molecule has 2 amide bonds. The van der Waals surface area contributed by atoms with Crippen LogP contribution in [-0.2, 0) is 10.3 Å². The van der Waals surface area contributed by atoms with Crippen LogP contribution in [0.2, 0.25) is 0 Å². The summed E-state index contributed by atoms with van der Waals surface area (Å²) >= 11 is 0. The van der Waals surface area contributed by atoms with Gasteiger partial charge in [-0.25, -0.2) is 9.59 Å². The van der Waals surface area contributed by atoms with E-state index in [0.717, 1.165) is 11.1 Å². The molecule has 0 radical (unpaired) electrons. The third-order valence-electron chi connectivity index (χ3n) is 6.16. The van der Waals surface area contributed by atoms with Crippen molar-refractivity contribution >= 4 is 12.2 Å². The molecule has 5 rings (SSSR count). The molecule has 6 nitrogen and oxygen atoms in total. The van der Waals surface area contributed by atoms with Gasteiger partial charge in [0.1, 0.15) is 11.8 Å². The Bertz CT molecular complexity index is 1050. The molecule has 162 valence electrons. The minimum absolute atomic E-state index is 0.307. The van der Waals surface area contributed by atoms with Crippen molar-refractivity contribution < 1.29 is 19.1 Å². The molecule has 2 heterocycles. The first-order valence-electron chi connectivity index (χ1n) is 10.8. The predicted molar refractivity (Wildman–Crippen MR) is 119 cm³/mol. The van der Waals surface area contributed by atoms with Gasteiger partial charge in [-0.05, 0) is 18.6 Å². The minimum atomic E-state index is -1.02. The normalized spacial score (nSPS) is 19.6. The Balaban J connectivity index is 1.54. The smallest absolute Gasteiger partial charge is 0.415 e. The number of para-hydroxylation sites is 1. The monoisotopic (exact) mass is 428 g/mol. The first kappa shape index (κ1) is 20.1. The number of cyclic esters (lactones) is 1. The molecule has 3 aromatic carbocycles. The molecule has 0 bridgehead atoms. The second-order valence-electron chi connectivity index (χ2n) is 8.03. The molecule has 0 spiro atoms. The van der Waals surface area contributed by atoms with E-state index in [1.807, 2.05) is 78.9 Å². The van der Waals surface area contributed by atoms with E-state index in [2.05, 4.69) is 0 Å². The van der Waals surface area contributed by atoms with Crippen LogP contribution in [0.5, 0.6) is 5.75 Å². The van der Waals surface area contributed by atoms with Crippen molar-refractivity contribution in [3.8, 4) is 5.75 Å². The van der Waals surface area contributed by atoms with Gasteiger partial charge in [-0.2, -0.15) is 0 Å². The van der Waals surface area contributed by atoms with Crippen molar-refractivity contribution in [3.05, 3.63) is 102 Å². The fourth-order valence-corrected chi connectivity index (χ4v) is 4.68. The minimum Gasteiger partial charge on any atom is -0.431 e. The first-order chi connectivity index (χ1) is 15.7. The highest BCUT2D eigenvalue weighted by atomic mass is 16.6. The molecule has 6 heteroatoms. The summed E-state index contributed by atoms with van der Waals surface area (Å²) < 4.78 is 11.8. The molecule has 2 fully saturated rings. The second-order valence-corrected chi connectivity index (χ2v) is 8.03. The molecule has 2 aliphatic heterocycles. The van der Waals surface area contributed by atoms with Gasteiger partial charge >= 0.3 is 12.2 Å². The average molecular weight is 428 g/mol. The zero-order valence-electron chi connectivity index (χ0n) is 17.6. The summed E-state index contributed by atoms with van der Waals surface area (Å²) in [5, 5.41) is 0. The van der Waals surface area contributed by atoms with Crippen molar-refractivity contribution in [2.24, 2.45) is 0 Å². The van der Waals surface area contributed by atoms with Crippen molar-refractivity contribution in [2.45, 2.75) is 18.1 Å². The Hall–Kier alpha value is -3.80. The Morgan fingerprint density at radius 2 is 1.41 bits per heavy atom. The van der Waals surface area contributed by atoms with E-state index < -0.39 is 11.7 Å². The number of amides is 2. The van der Waals surface area contributed by atoms with Crippen LogP contribution in [0, 0.1) is 0 Å². The molecule has 32 heavy (non-hydrogen) atoms. The summed E-state index contributed by atoms with van der Waals surface area (Å²) in [5.41, 5.74) is 0.741. The molecule has 2 aliphatic rings. The van der Waals surface area contributed by atoms with Crippen molar-refractivity contribution in [2.75, 3.05) is 19.6 Å². The predicted octanol–water partition coefficient (Wildman–Crippen LogP) is 4.66. The summed E-state index contributed by atoms with van der Waals surface area (Å²) in [5.74, 6) is 0.495. The lowest BCUT2D eigenvalue weighted by Crippen LogP contribution is -2.50. The van der Waals surface area contributed by atoms with E-state index in [-0.39, 0.29) is 12.1 Å². The Labute approximate surface area is 187 Å². The first-order valence-corrected chi connectivity index (χ1v) is 10.8. The van der Waals surface area contributed by atoms with Gasteiger partial charge in [0.15, 0.2) is 5.60 Å². The van der Waals surface area contributed by atoms with Crippen LogP contribution in [-0.4, -0.2) is 47.7 Å². The molecule has 0 N–H and O–H groups in total. The zero-order valence-corrected chi connectivity index (χ0v) is 17.6. The van der Waals surface area contributed by atoms with E-state index in [9.17, 15) is 9.59 Å². The highest BCUT2D eigenvalue weighted by Gasteiger charge is 2.57. The van der Waals surface area contributed by atoms with Crippen LogP contribution < -0.4 is 4.74 Å². The highest BCUT2D eigenvalue weighted by Crippen LogP contribution is 2.45. The topological polar surface area (TPSA) is 59.1 Å². The maximum absolute atomic E-state index is 13.1. The fourth-order valence-electron chi connectivity index (χ4n) is 4.68. The van der Waals surface area contributed by atoms with E-state index in [4.69, 9.17) is 9.47 Å². The van der Waals surface area contributed by atoms with E-state index in [0.29, 0.717) is 31.8 Å². The van der Waals surface area contributed by atoms with Crippen LogP contribution in [0.3, 0.4) is 0 Å². The van der Waals surface area contributed by atoms with Gasteiger partial charge in [-0.15, -0.1) is 0 Å². The molecule has 0 saturated carbocycles. The van der Waals surface area contributed by atoms with Crippen LogP contribution in [0.4, 0.5) is 9.59 Å². The lowest BCUT2D eigenvalue weighted by molar-refractivity contribution is 0.0582. The van der Waals surface area contributed by atoms with Crippen LogP contribution >= 0.6 is 0 Å². The molecule has 3 aromatic rings. The molecule has 1 atom stereocenters. The standard InChI is InChI=1S/C26H24N2O4/c29-24(31-22-15-8-3-9-16-22)27-17-10-18-28-23(19-27)26(32-25(28)30,20-11-4-1-5-12-20)21-13-6-2-7-14-21/h1-9,11-16,23H,10,17-19H2. The Morgan fingerprint density at radius 3 is 2.00 bits per heavy atom. The summed E-state index contributed by atoms with van der Waals surface area (Å²) in [6.07, 6.45) is -0.136. The Morgan fingerprint density at radius 1 is 0.844 bits per heavy atom. The summed E-state index contributed by atoms with van der Waals surface area (Å²) in [6, 6.07) is 28.2. The average Bonchev–Trinajstić information content (AvgIpc) is 2.98. The van der Waals surface area contributed by atoms with Crippen LogP contribution in [0.25, 0.3) is 0 Å². The number of ether oxygens (including phenoxy) is 2. The van der Waals surface area contributed by atoms with E-state index in [1.54, 1.807) is 21.9 Å². The fraction of sp³-hybridized carbons (Fsp3) is 0.231. The molecule has 0 aromatic heterocycles.